The average Bonchev–Trinajstić information content (AvgIpc) is 2.79. The second-order valence-electron chi connectivity index (χ2n) is 5.14. The Morgan fingerprint density at radius 2 is 1.95 bits per heavy atom. The molecular formula is C14H15BrN2O3. The smallest absolute Gasteiger partial charge is 0.329 e. The number of aromatic amines is 1. The van der Waals surface area contributed by atoms with Crippen LogP contribution in [0.1, 0.15) is 24.3 Å². The van der Waals surface area contributed by atoms with E-state index in [9.17, 15) is 14.7 Å². The highest BCUT2D eigenvalue weighted by Crippen LogP contribution is 2.22. The summed E-state index contributed by atoms with van der Waals surface area (Å²) < 4.78 is 0.907. The average molecular weight is 339 g/mol. The zero-order valence-corrected chi connectivity index (χ0v) is 13.0. The summed E-state index contributed by atoms with van der Waals surface area (Å²) in [6.45, 7) is 2.99. The normalized spacial score (nSPS) is 11.6. The van der Waals surface area contributed by atoms with Gasteiger partial charge in [-0.2, -0.15) is 0 Å². The summed E-state index contributed by atoms with van der Waals surface area (Å²) in [6, 6.07) is 7.36. The van der Waals surface area contributed by atoms with Crippen LogP contribution < -0.4 is 0 Å². The number of carboxylic acids is 1. The molecule has 2 aromatic rings. The van der Waals surface area contributed by atoms with Gasteiger partial charge in [-0.1, -0.05) is 22.0 Å². The van der Waals surface area contributed by atoms with Crippen LogP contribution in [0.25, 0.3) is 10.9 Å². The Morgan fingerprint density at radius 1 is 1.30 bits per heavy atom. The van der Waals surface area contributed by atoms with Crippen molar-refractivity contribution in [3.8, 4) is 0 Å². The minimum absolute atomic E-state index is 0.357. The van der Waals surface area contributed by atoms with E-state index in [0.29, 0.717) is 5.69 Å². The first-order valence-corrected chi connectivity index (χ1v) is 6.82. The molecule has 0 fully saturated rings. The lowest BCUT2D eigenvalue weighted by molar-refractivity contribution is -0.147. The maximum Gasteiger partial charge on any atom is 0.329 e. The van der Waals surface area contributed by atoms with Crippen LogP contribution in [-0.2, 0) is 4.79 Å². The van der Waals surface area contributed by atoms with Gasteiger partial charge in [0.05, 0.1) is 0 Å². The summed E-state index contributed by atoms with van der Waals surface area (Å²) in [6.07, 6.45) is 0. The van der Waals surface area contributed by atoms with Crippen LogP contribution in [0.5, 0.6) is 0 Å². The van der Waals surface area contributed by atoms with E-state index in [2.05, 4.69) is 20.9 Å². The first-order chi connectivity index (χ1) is 9.23. The van der Waals surface area contributed by atoms with Crippen LogP contribution in [-0.4, -0.2) is 39.5 Å². The minimum atomic E-state index is -1.27. The van der Waals surface area contributed by atoms with Crippen LogP contribution in [0.4, 0.5) is 0 Å². The monoisotopic (exact) mass is 338 g/mol. The van der Waals surface area contributed by atoms with Gasteiger partial charge in [0, 0.05) is 22.4 Å². The molecule has 0 saturated heterocycles. The number of aromatic nitrogens is 1. The van der Waals surface area contributed by atoms with Crippen LogP contribution >= 0.6 is 15.9 Å². The Bertz CT molecular complexity index is 691. The molecule has 0 saturated carbocycles. The molecule has 0 bridgehead atoms. The van der Waals surface area contributed by atoms with Crippen LogP contribution in [0.3, 0.4) is 0 Å². The third-order valence-electron chi connectivity index (χ3n) is 3.48. The molecule has 0 atom stereocenters. The molecule has 106 valence electrons. The van der Waals surface area contributed by atoms with Gasteiger partial charge < -0.3 is 15.0 Å². The number of aliphatic carboxylic acids is 1. The Labute approximate surface area is 124 Å². The largest absolute Gasteiger partial charge is 0.480 e. The van der Waals surface area contributed by atoms with Gasteiger partial charge in [0.15, 0.2) is 0 Å². The fourth-order valence-corrected chi connectivity index (χ4v) is 2.15. The fraction of sp³-hybridized carbons (Fsp3) is 0.286. The number of carbonyl (C=O) groups excluding carboxylic acids is 1. The van der Waals surface area contributed by atoms with Gasteiger partial charge in [-0.3, -0.25) is 4.79 Å². The van der Waals surface area contributed by atoms with Crippen LogP contribution in [0, 0.1) is 0 Å². The minimum Gasteiger partial charge on any atom is -0.480 e. The lowest BCUT2D eigenvalue weighted by Crippen LogP contribution is -2.50. The van der Waals surface area contributed by atoms with Crippen molar-refractivity contribution >= 4 is 38.7 Å². The van der Waals surface area contributed by atoms with Gasteiger partial charge >= 0.3 is 5.97 Å². The van der Waals surface area contributed by atoms with Crippen molar-refractivity contribution in [2.45, 2.75) is 19.4 Å². The van der Waals surface area contributed by atoms with Gasteiger partial charge in [0.25, 0.3) is 5.91 Å². The van der Waals surface area contributed by atoms with Crippen molar-refractivity contribution in [2.75, 3.05) is 7.05 Å². The molecule has 1 amide bonds. The maximum absolute atomic E-state index is 12.4. The number of carboxylic acid groups (broad SMARTS) is 1. The van der Waals surface area contributed by atoms with Gasteiger partial charge in [-0.15, -0.1) is 0 Å². The number of fused-ring (bicyclic) bond motifs is 1. The second-order valence-corrected chi connectivity index (χ2v) is 6.06. The standard InChI is InChI=1S/C14H15BrN2O3/c1-14(2,13(19)20)17(3)12(18)11-6-8-4-5-9(15)7-10(8)16-11/h4-7,16H,1-3H3,(H,19,20). The zero-order valence-electron chi connectivity index (χ0n) is 11.4. The molecule has 5 nitrogen and oxygen atoms in total. The summed E-state index contributed by atoms with van der Waals surface area (Å²) >= 11 is 3.37. The molecule has 0 aliphatic carbocycles. The maximum atomic E-state index is 12.4. The van der Waals surface area contributed by atoms with Crippen molar-refractivity contribution < 1.29 is 14.7 Å². The van der Waals surface area contributed by atoms with E-state index in [0.717, 1.165) is 15.4 Å². The predicted octanol–water partition coefficient (Wildman–Crippen LogP) is 2.87. The van der Waals surface area contributed by atoms with Gasteiger partial charge in [0.2, 0.25) is 0 Å². The lowest BCUT2D eigenvalue weighted by Gasteiger charge is -2.31. The van der Waals surface area contributed by atoms with E-state index >= 15 is 0 Å². The molecule has 6 heteroatoms. The van der Waals surface area contributed by atoms with E-state index in [1.165, 1.54) is 25.8 Å². The van der Waals surface area contributed by atoms with E-state index in [-0.39, 0.29) is 5.91 Å². The van der Waals surface area contributed by atoms with Gasteiger partial charge in [-0.05, 0) is 32.0 Å². The number of halogens is 1. The number of likely N-dealkylation sites (N-methyl/N-ethyl adjacent to an activating group) is 1. The quantitative estimate of drug-likeness (QED) is 0.903. The Hall–Kier alpha value is -1.82. The molecule has 0 spiro atoms. The van der Waals surface area contributed by atoms with E-state index < -0.39 is 11.5 Å². The van der Waals surface area contributed by atoms with Crippen molar-refractivity contribution in [1.82, 2.24) is 9.88 Å². The third-order valence-corrected chi connectivity index (χ3v) is 3.97. The van der Waals surface area contributed by atoms with Gasteiger partial charge in [-0.25, -0.2) is 4.79 Å². The third kappa shape index (κ3) is 2.43. The predicted molar refractivity (Wildman–Crippen MR) is 79.8 cm³/mol. The van der Waals surface area contributed by atoms with Crippen molar-refractivity contribution in [3.05, 3.63) is 34.4 Å². The molecule has 0 aliphatic rings. The molecule has 0 aliphatic heterocycles. The number of nitrogens with zero attached hydrogens (tertiary/aromatic N) is 1. The molecule has 1 aromatic heterocycles. The van der Waals surface area contributed by atoms with Crippen molar-refractivity contribution in [3.63, 3.8) is 0 Å². The molecule has 2 N–H and O–H groups in total. The number of rotatable bonds is 3. The molecule has 0 unspecified atom stereocenters. The lowest BCUT2D eigenvalue weighted by atomic mass is 10.0. The SMILES string of the molecule is CN(C(=O)c1cc2ccc(Br)cc2[nH]1)C(C)(C)C(=O)O. The molecule has 0 radical (unpaired) electrons. The van der Waals surface area contributed by atoms with Crippen LogP contribution in [0.15, 0.2) is 28.7 Å². The number of H-pyrrole nitrogens is 1. The number of amides is 1. The number of carbonyl (C=O) groups is 2. The van der Waals surface area contributed by atoms with E-state index in [1.54, 1.807) is 6.07 Å². The molecule has 1 heterocycles. The Balaban J connectivity index is 2.38. The first kappa shape index (κ1) is 14.6. The highest BCUT2D eigenvalue weighted by molar-refractivity contribution is 9.10. The Morgan fingerprint density at radius 3 is 2.55 bits per heavy atom. The van der Waals surface area contributed by atoms with E-state index in [1.807, 2.05) is 18.2 Å². The summed E-state index contributed by atoms with van der Waals surface area (Å²) in [5.41, 5.74) is -0.0752. The van der Waals surface area contributed by atoms with Crippen molar-refractivity contribution in [2.24, 2.45) is 0 Å². The number of hydrogen-bond donors (Lipinski definition) is 2. The summed E-state index contributed by atoms with van der Waals surface area (Å²) in [4.78, 5) is 27.8. The zero-order chi connectivity index (χ0) is 15.1. The number of benzene rings is 1. The molecule has 20 heavy (non-hydrogen) atoms. The van der Waals surface area contributed by atoms with Gasteiger partial charge in [0.1, 0.15) is 11.2 Å². The number of hydrogen-bond acceptors (Lipinski definition) is 2. The summed E-state index contributed by atoms with van der Waals surface area (Å²) in [7, 11) is 1.48. The topological polar surface area (TPSA) is 73.4 Å². The highest BCUT2D eigenvalue weighted by Gasteiger charge is 2.36. The first-order valence-electron chi connectivity index (χ1n) is 6.03. The van der Waals surface area contributed by atoms with E-state index in [4.69, 9.17) is 0 Å². The van der Waals surface area contributed by atoms with Crippen LogP contribution in [0.2, 0.25) is 0 Å². The number of nitrogens with one attached hydrogen (secondary N) is 1. The Kier molecular flexibility index (Phi) is 3.60. The summed E-state index contributed by atoms with van der Waals surface area (Å²) in [5, 5.41) is 10.1. The molecule has 1 aromatic carbocycles. The van der Waals surface area contributed by atoms with Crippen molar-refractivity contribution in [1.29, 1.82) is 0 Å². The second kappa shape index (κ2) is 4.94. The highest BCUT2D eigenvalue weighted by atomic mass is 79.9. The fourth-order valence-electron chi connectivity index (χ4n) is 1.79. The molecular weight excluding hydrogens is 324 g/mol. The summed E-state index contributed by atoms with van der Waals surface area (Å²) in [5.74, 6) is -1.41. The molecule has 2 rings (SSSR count).